The lowest BCUT2D eigenvalue weighted by atomic mass is 10.3. The van der Waals surface area contributed by atoms with E-state index < -0.39 is 0 Å². The van der Waals surface area contributed by atoms with Crippen molar-refractivity contribution in [1.29, 1.82) is 0 Å². The molecule has 0 bridgehead atoms. The van der Waals surface area contributed by atoms with Crippen LogP contribution in [-0.4, -0.2) is 0 Å². The summed E-state index contributed by atoms with van der Waals surface area (Å²) in [5.41, 5.74) is 5.35. The van der Waals surface area contributed by atoms with Gasteiger partial charge in [0.2, 0.25) is 0 Å². The molecule has 0 aliphatic rings. The second kappa shape index (κ2) is 3.07. The van der Waals surface area contributed by atoms with Gasteiger partial charge in [0.05, 0.1) is 5.69 Å². The highest BCUT2D eigenvalue weighted by atomic mass is 19.1. The van der Waals surface area contributed by atoms with Crippen LogP contribution < -0.4 is 5.73 Å². The topological polar surface area (TPSA) is 26.0 Å². The number of hydrogen-bond donors (Lipinski definition) is 1. The van der Waals surface area contributed by atoms with Crippen LogP contribution in [0.25, 0.3) is 0 Å². The van der Waals surface area contributed by atoms with Crippen molar-refractivity contribution >= 4 is 5.69 Å². The molecule has 9 heavy (non-hydrogen) atoms. The van der Waals surface area contributed by atoms with Crippen LogP contribution in [0.4, 0.5) is 10.1 Å². The molecule has 0 saturated carbocycles. The molecule has 0 saturated heterocycles. The average Bonchev–Trinajstić information content (AvgIpc) is 1.77. The van der Waals surface area contributed by atoms with E-state index in [0.29, 0.717) is 0 Å². The molecular weight excluding hydrogens is 117 g/mol. The SMILES string of the molecule is C.Nc1ccccc1F. The lowest BCUT2D eigenvalue weighted by Gasteiger charge is -1.89. The van der Waals surface area contributed by atoms with Crippen LogP contribution in [0.1, 0.15) is 7.43 Å². The molecule has 0 aliphatic carbocycles. The molecule has 0 aliphatic heterocycles. The van der Waals surface area contributed by atoms with Crippen molar-refractivity contribution in [3.63, 3.8) is 0 Å². The first kappa shape index (κ1) is 7.95. The van der Waals surface area contributed by atoms with E-state index in [9.17, 15) is 4.39 Å². The molecule has 1 aromatic carbocycles. The highest BCUT2D eigenvalue weighted by Crippen LogP contribution is 2.05. The van der Waals surface area contributed by atoms with Gasteiger partial charge in [0, 0.05) is 0 Å². The molecule has 1 rings (SSSR count). The highest BCUT2D eigenvalue weighted by Gasteiger charge is 1.89. The first-order valence-corrected chi connectivity index (χ1v) is 2.31. The summed E-state index contributed by atoms with van der Waals surface area (Å²) in [5, 5.41) is 0. The van der Waals surface area contributed by atoms with Crippen LogP contribution in [0.5, 0.6) is 0 Å². The van der Waals surface area contributed by atoms with Crippen molar-refractivity contribution in [3.8, 4) is 0 Å². The number of hydrogen-bond acceptors (Lipinski definition) is 1. The Morgan fingerprint density at radius 3 is 2.11 bits per heavy atom. The summed E-state index contributed by atoms with van der Waals surface area (Å²) >= 11 is 0. The standard InChI is InChI=1S/C6H6FN.CH4/c7-5-3-1-2-4-6(5)8;/h1-4H,8H2;1H4. The highest BCUT2D eigenvalue weighted by molar-refractivity contribution is 5.38. The van der Waals surface area contributed by atoms with E-state index in [2.05, 4.69) is 0 Å². The van der Waals surface area contributed by atoms with Crippen LogP contribution >= 0.6 is 0 Å². The molecular formula is C7H10FN. The summed E-state index contributed by atoms with van der Waals surface area (Å²) < 4.78 is 12.2. The smallest absolute Gasteiger partial charge is 0.146 e. The molecule has 2 N–H and O–H groups in total. The van der Waals surface area contributed by atoms with E-state index in [0.717, 1.165) is 0 Å². The van der Waals surface area contributed by atoms with Gasteiger partial charge in [0.1, 0.15) is 5.82 Å². The van der Waals surface area contributed by atoms with E-state index in [1.165, 1.54) is 12.1 Å². The number of para-hydroxylation sites is 1. The summed E-state index contributed by atoms with van der Waals surface area (Å²) in [7, 11) is 0. The summed E-state index contributed by atoms with van der Waals surface area (Å²) in [6.07, 6.45) is 0. The Morgan fingerprint density at radius 1 is 1.22 bits per heavy atom. The minimum Gasteiger partial charge on any atom is -0.396 e. The number of anilines is 1. The molecule has 0 fully saturated rings. The normalized spacial score (nSPS) is 8.11. The quantitative estimate of drug-likeness (QED) is 0.530. The Balaban J connectivity index is 0.000000640. The Bertz CT molecular complexity index is 165. The number of nitrogens with two attached hydrogens (primary N) is 1. The fraction of sp³-hybridized carbons (Fsp3) is 0.143. The number of halogens is 1. The van der Waals surface area contributed by atoms with Crippen LogP contribution in [0.3, 0.4) is 0 Å². The summed E-state index contributed by atoms with van der Waals surface area (Å²) in [6, 6.07) is 6.15. The van der Waals surface area contributed by atoms with Gasteiger partial charge in [-0.25, -0.2) is 4.39 Å². The third kappa shape index (κ3) is 1.72. The van der Waals surface area contributed by atoms with Gasteiger partial charge in [-0.3, -0.25) is 0 Å². The monoisotopic (exact) mass is 127 g/mol. The van der Waals surface area contributed by atoms with Crippen LogP contribution in [0.15, 0.2) is 24.3 Å². The third-order valence-corrected chi connectivity index (χ3v) is 0.905. The summed E-state index contributed by atoms with van der Waals surface area (Å²) in [5.74, 6) is -0.354. The zero-order valence-electron chi connectivity index (χ0n) is 4.26. The second-order valence-electron chi connectivity index (χ2n) is 1.52. The van der Waals surface area contributed by atoms with E-state index >= 15 is 0 Å². The van der Waals surface area contributed by atoms with Crippen molar-refractivity contribution in [2.24, 2.45) is 0 Å². The van der Waals surface area contributed by atoms with Crippen LogP contribution in [-0.2, 0) is 0 Å². The Labute approximate surface area is 54.3 Å². The van der Waals surface area contributed by atoms with Gasteiger partial charge < -0.3 is 5.73 Å². The van der Waals surface area contributed by atoms with Gasteiger partial charge in [-0.15, -0.1) is 0 Å². The number of rotatable bonds is 0. The predicted molar refractivity (Wildman–Crippen MR) is 37.5 cm³/mol. The summed E-state index contributed by atoms with van der Waals surface area (Å²) in [4.78, 5) is 0. The largest absolute Gasteiger partial charge is 0.396 e. The van der Waals surface area contributed by atoms with E-state index in [1.54, 1.807) is 12.1 Å². The van der Waals surface area contributed by atoms with Crippen molar-refractivity contribution < 1.29 is 4.39 Å². The van der Waals surface area contributed by atoms with Crippen molar-refractivity contribution in [3.05, 3.63) is 30.1 Å². The zero-order chi connectivity index (χ0) is 5.98. The molecule has 0 atom stereocenters. The minimum atomic E-state index is -0.354. The van der Waals surface area contributed by atoms with Crippen LogP contribution in [0, 0.1) is 5.82 Å². The zero-order valence-corrected chi connectivity index (χ0v) is 4.26. The number of benzene rings is 1. The van der Waals surface area contributed by atoms with E-state index in [-0.39, 0.29) is 18.9 Å². The Hall–Kier alpha value is -1.05. The fourth-order valence-electron chi connectivity index (χ4n) is 0.475. The molecule has 0 aromatic heterocycles. The molecule has 0 unspecified atom stereocenters. The predicted octanol–water partition coefficient (Wildman–Crippen LogP) is 2.04. The molecule has 0 amide bonds. The van der Waals surface area contributed by atoms with Crippen molar-refractivity contribution in [1.82, 2.24) is 0 Å². The molecule has 2 heteroatoms. The lowest BCUT2D eigenvalue weighted by Crippen LogP contribution is -1.86. The van der Waals surface area contributed by atoms with Crippen LogP contribution in [0.2, 0.25) is 0 Å². The van der Waals surface area contributed by atoms with Gasteiger partial charge in [-0.05, 0) is 12.1 Å². The molecule has 0 radical (unpaired) electrons. The van der Waals surface area contributed by atoms with E-state index in [4.69, 9.17) is 5.73 Å². The first-order chi connectivity index (χ1) is 3.80. The fourth-order valence-corrected chi connectivity index (χ4v) is 0.475. The van der Waals surface area contributed by atoms with Gasteiger partial charge in [0.15, 0.2) is 0 Å². The molecule has 0 spiro atoms. The number of nitrogen functional groups attached to an aromatic ring is 1. The maximum Gasteiger partial charge on any atom is 0.146 e. The maximum atomic E-state index is 12.2. The van der Waals surface area contributed by atoms with Gasteiger partial charge in [-0.1, -0.05) is 19.6 Å². The van der Waals surface area contributed by atoms with Crippen molar-refractivity contribution in [2.45, 2.75) is 7.43 Å². The Morgan fingerprint density at radius 2 is 1.78 bits per heavy atom. The van der Waals surface area contributed by atoms with Crippen molar-refractivity contribution in [2.75, 3.05) is 5.73 Å². The second-order valence-corrected chi connectivity index (χ2v) is 1.52. The van der Waals surface area contributed by atoms with Gasteiger partial charge >= 0.3 is 0 Å². The molecule has 1 nitrogen and oxygen atoms in total. The minimum absolute atomic E-state index is 0. The molecule has 1 aromatic rings. The third-order valence-electron chi connectivity index (χ3n) is 0.905. The maximum absolute atomic E-state index is 12.2. The first-order valence-electron chi connectivity index (χ1n) is 2.31. The molecule has 0 heterocycles. The Kier molecular flexibility index (Phi) is 2.71. The van der Waals surface area contributed by atoms with Gasteiger partial charge in [-0.2, -0.15) is 0 Å². The lowest BCUT2D eigenvalue weighted by molar-refractivity contribution is 0.632. The summed E-state index contributed by atoms with van der Waals surface area (Å²) in [6.45, 7) is 0. The van der Waals surface area contributed by atoms with Gasteiger partial charge in [0.25, 0.3) is 0 Å². The molecule has 50 valence electrons. The van der Waals surface area contributed by atoms with E-state index in [1.807, 2.05) is 0 Å². The average molecular weight is 127 g/mol.